The second-order valence-electron chi connectivity index (χ2n) is 8.03. The van der Waals surface area contributed by atoms with Gasteiger partial charge in [-0.3, -0.25) is 4.99 Å². The minimum Gasteiger partial charge on any atom is -0.377 e. The van der Waals surface area contributed by atoms with Crippen molar-refractivity contribution < 1.29 is 13.2 Å². The first-order valence-corrected chi connectivity index (χ1v) is 12.1. The highest BCUT2D eigenvalue weighted by Gasteiger charge is 2.20. The van der Waals surface area contributed by atoms with E-state index >= 15 is 0 Å². The zero-order chi connectivity index (χ0) is 21.2. The molecule has 0 radical (unpaired) electrons. The SMILES string of the molecule is CCNC(=NCC(C)(C)c1ccccc1)NCCS(=O)(=O)NCC1CCCCO1. The highest BCUT2D eigenvalue weighted by atomic mass is 32.2. The Hall–Kier alpha value is -1.64. The highest BCUT2D eigenvalue weighted by Crippen LogP contribution is 2.22. The van der Waals surface area contributed by atoms with Gasteiger partial charge < -0.3 is 15.4 Å². The molecule has 164 valence electrons. The van der Waals surface area contributed by atoms with E-state index < -0.39 is 10.0 Å². The van der Waals surface area contributed by atoms with Gasteiger partial charge in [0.05, 0.1) is 18.4 Å². The molecule has 7 nitrogen and oxygen atoms in total. The summed E-state index contributed by atoms with van der Waals surface area (Å²) in [5.41, 5.74) is 1.10. The predicted octanol–water partition coefficient (Wildman–Crippen LogP) is 2.01. The molecular formula is C21H36N4O3S. The van der Waals surface area contributed by atoms with E-state index in [2.05, 4.69) is 46.3 Å². The summed E-state index contributed by atoms with van der Waals surface area (Å²) in [7, 11) is -3.35. The summed E-state index contributed by atoms with van der Waals surface area (Å²) >= 11 is 0. The van der Waals surface area contributed by atoms with Gasteiger partial charge in [0.2, 0.25) is 10.0 Å². The number of sulfonamides is 1. The molecule has 0 bridgehead atoms. The van der Waals surface area contributed by atoms with E-state index in [1.54, 1.807) is 0 Å². The van der Waals surface area contributed by atoms with Gasteiger partial charge in [-0.05, 0) is 31.7 Å². The fourth-order valence-electron chi connectivity index (χ4n) is 3.16. The number of benzene rings is 1. The fraction of sp³-hybridized carbons (Fsp3) is 0.667. The van der Waals surface area contributed by atoms with E-state index in [4.69, 9.17) is 4.74 Å². The maximum atomic E-state index is 12.2. The molecule has 1 aromatic rings. The molecule has 1 saturated heterocycles. The fourth-order valence-corrected chi connectivity index (χ4v) is 4.12. The number of ether oxygens (including phenoxy) is 1. The molecule has 0 aliphatic carbocycles. The molecule has 1 aliphatic heterocycles. The van der Waals surface area contributed by atoms with Crippen molar-refractivity contribution in [3.63, 3.8) is 0 Å². The van der Waals surface area contributed by atoms with Crippen LogP contribution < -0.4 is 15.4 Å². The number of nitrogens with zero attached hydrogens (tertiary/aromatic N) is 1. The third kappa shape index (κ3) is 8.72. The molecule has 1 unspecified atom stereocenters. The van der Waals surface area contributed by atoms with Crippen molar-refractivity contribution in [2.75, 3.05) is 38.5 Å². The van der Waals surface area contributed by atoms with E-state index in [0.29, 0.717) is 32.1 Å². The Morgan fingerprint density at radius 1 is 1.21 bits per heavy atom. The largest absolute Gasteiger partial charge is 0.377 e. The maximum absolute atomic E-state index is 12.2. The monoisotopic (exact) mass is 424 g/mol. The van der Waals surface area contributed by atoms with E-state index in [0.717, 1.165) is 25.9 Å². The first-order chi connectivity index (χ1) is 13.8. The number of aliphatic imine (C=N–C) groups is 1. The Morgan fingerprint density at radius 3 is 2.62 bits per heavy atom. The van der Waals surface area contributed by atoms with Gasteiger partial charge in [0, 0.05) is 31.7 Å². The molecule has 1 atom stereocenters. The summed E-state index contributed by atoms with van der Waals surface area (Å²) < 4.78 is 32.7. The van der Waals surface area contributed by atoms with Gasteiger partial charge in [-0.25, -0.2) is 13.1 Å². The second-order valence-corrected chi connectivity index (χ2v) is 9.95. The van der Waals surface area contributed by atoms with Gasteiger partial charge in [-0.15, -0.1) is 0 Å². The van der Waals surface area contributed by atoms with Gasteiger partial charge in [0.25, 0.3) is 0 Å². The molecular weight excluding hydrogens is 388 g/mol. The van der Waals surface area contributed by atoms with Crippen LogP contribution in [0.1, 0.15) is 45.6 Å². The van der Waals surface area contributed by atoms with Crippen LogP contribution in [-0.2, 0) is 20.2 Å². The summed E-state index contributed by atoms with van der Waals surface area (Å²) in [4.78, 5) is 4.66. The number of rotatable bonds is 10. The van der Waals surface area contributed by atoms with E-state index in [1.165, 1.54) is 5.56 Å². The molecule has 3 N–H and O–H groups in total. The summed E-state index contributed by atoms with van der Waals surface area (Å²) in [6, 6.07) is 10.3. The predicted molar refractivity (Wildman–Crippen MR) is 119 cm³/mol. The Bertz CT molecular complexity index is 730. The summed E-state index contributed by atoms with van der Waals surface area (Å²) in [6.07, 6.45) is 3.05. The van der Waals surface area contributed by atoms with Crippen LogP contribution in [0.15, 0.2) is 35.3 Å². The van der Waals surface area contributed by atoms with Crippen molar-refractivity contribution in [3.05, 3.63) is 35.9 Å². The topological polar surface area (TPSA) is 91.8 Å². The molecule has 0 amide bonds. The minimum absolute atomic E-state index is 0.00773. The van der Waals surface area contributed by atoms with Gasteiger partial charge in [0.1, 0.15) is 0 Å². The van der Waals surface area contributed by atoms with Crippen LogP contribution in [0.5, 0.6) is 0 Å². The lowest BCUT2D eigenvalue weighted by molar-refractivity contribution is 0.0200. The molecule has 2 rings (SSSR count). The van der Waals surface area contributed by atoms with Crippen molar-refractivity contribution >= 4 is 16.0 Å². The van der Waals surface area contributed by atoms with Crippen molar-refractivity contribution in [1.29, 1.82) is 0 Å². The van der Waals surface area contributed by atoms with Crippen molar-refractivity contribution in [2.24, 2.45) is 4.99 Å². The molecule has 1 aromatic carbocycles. The quantitative estimate of drug-likeness (QED) is 0.395. The average Bonchev–Trinajstić information content (AvgIpc) is 2.72. The zero-order valence-corrected chi connectivity index (χ0v) is 18.7. The van der Waals surface area contributed by atoms with Crippen LogP contribution in [0.2, 0.25) is 0 Å². The number of hydrogen-bond donors (Lipinski definition) is 3. The summed E-state index contributed by atoms with van der Waals surface area (Å²) in [5.74, 6) is 0.619. The molecule has 1 fully saturated rings. The van der Waals surface area contributed by atoms with Gasteiger partial charge in [-0.2, -0.15) is 0 Å². The first-order valence-electron chi connectivity index (χ1n) is 10.5. The van der Waals surface area contributed by atoms with Gasteiger partial charge in [-0.1, -0.05) is 44.2 Å². The third-order valence-electron chi connectivity index (χ3n) is 5.00. The average molecular weight is 425 g/mol. The Kier molecular flexibility index (Phi) is 9.39. The lowest BCUT2D eigenvalue weighted by atomic mass is 9.85. The van der Waals surface area contributed by atoms with Crippen LogP contribution in [-0.4, -0.2) is 59.0 Å². The van der Waals surface area contributed by atoms with Crippen molar-refractivity contribution in [3.8, 4) is 0 Å². The lowest BCUT2D eigenvalue weighted by Crippen LogP contribution is -2.43. The van der Waals surface area contributed by atoms with Gasteiger partial charge in [0.15, 0.2) is 5.96 Å². The Morgan fingerprint density at radius 2 is 1.97 bits per heavy atom. The Labute approximate surface area is 175 Å². The maximum Gasteiger partial charge on any atom is 0.213 e. The first kappa shape index (κ1) is 23.6. The second kappa shape index (κ2) is 11.5. The zero-order valence-electron chi connectivity index (χ0n) is 17.9. The molecule has 0 spiro atoms. The Balaban J connectivity index is 1.82. The molecule has 1 heterocycles. The molecule has 0 aromatic heterocycles. The lowest BCUT2D eigenvalue weighted by Gasteiger charge is -2.24. The summed E-state index contributed by atoms with van der Waals surface area (Å²) in [5, 5.41) is 6.31. The van der Waals surface area contributed by atoms with Crippen molar-refractivity contribution in [1.82, 2.24) is 15.4 Å². The van der Waals surface area contributed by atoms with Crippen LogP contribution in [0.25, 0.3) is 0 Å². The number of hydrogen-bond acceptors (Lipinski definition) is 4. The molecule has 29 heavy (non-hydrogen) atoms. The smallest absolute Gasteiger partial charge is 0.213 e. The third-order valence-corrected chi connectivity index (χ3v) is 6.35. The van der Waals surface area contributed by atoms with Crippen molar-refractivity contribution in [2.45, 2.75) is 51.6 Å². The van der Waals surface area contributed by atoms with Crippen LogP contribution in [0, 0.1) is 0 Å². The number of guanidine groups is 1. The normalized spacial score (nSPS) is 18.4. The highest BCUT2D eigenvalue weighted by molar-refractivity contribution is 7.89. The van der Waals surface area contributed by atoms with E-state index in [1.807, 2.05) is 25.1 Å². The van der Waals surface area contributed by atoms with E-state index in [-0.39, 0.29) is 17.3 Å². The van der Waals surface area contributed by atoms with Crippen LogP contribution >= 0.6 is 0 Å². The van der Waals surface area contributed by atoms with Crippen LogP contribution in [0.3, 0.4) is 0 Å². The number of nitrogens with one attached hydrogen (secondary N) is 3. The van der Waals surface area contributed by atoms with Crippen LogP contribution in [0.4, 0.5) is 0 Å². The molecule has 8 heteroatoms. The molecule has 0 saturated carbocycles. The standard InChI is InChI=1S/C21H36N4O3S/c1-4-22-20(24-17-21(2,3)18-10-6-5-7-11-18)23-13-15-29(26,27)25-16-19-12-8-9-14-28-19/h5-7,10-11,19,25H,4,8-9,12-17H2,1-3H3,(H2,22,23,24). The van der Waals surface area contributed by atoms with E-state index in [9.17, 15) is 8.42 Å². The summed E-state index contributed by atoms with van der Waals surface area (Å²) in [6.45, 7) is 8.95. The minimum atomic E-state index is -3.35. The van der Waals surface area contributed by atoms with Gasteiger partial charge >= 0.3 is 0 Å². The molecule has 1 aliphatic rings.